The summed E-state index contributed by atoms with van der Waals surface area (Å²) >= 11 is 0. The maximum Gasteiger partial charge on any atom is 0.247 e. The van der Waals surface area contributed by atoms with Crippen molar-refractivity contribution >= 4 is 5.91 Å². The van der Waals surface area contributed by atoms with Gasteiger partial charge < -0.3 is 5.32 Å². The average molecular weight is 172 g/mol. The highest BCUT2D eigenvalue weighted by atomic mass is 16.7. The zero-order chi connectivity index (χ0) is 8.97. The van der Waals surface area contributed by atoms with Gasteiger partial charge in [-0.15, -0.1) is 0 Å². The molecule has 4 heteroatoms. The van der Waals surface area contributed by atoms with Crippen LogP contribution >= 0.6 is 0 Å². The zero-order valence-corrected chi connectivity index (χ0v) is 7.67. The molecule has 1 rings (SSSR count). The number of amides is 1. The highest BCUT2D eigenvalue weighted by Gasteiger charge is 2.19. The van der Waals surface area contributed by atoms with Crippen molar-refractivity contribution in [1.29, 1.82) is 0 Å². The number of carbonyl (C=O) groups excluding carboxylic acids is 1. The first-order valence-electron chi connectivity index (χ1n) is 4.28. The third-order valence-corrected chi connectivity index (χ3v) is 2.21. The molecule has 0 bridgehead atoms. The van der Waals surface area contributed by atoms with Crippen LogP contribution < -0.4 is 5.32 Å². The van der Waals surface area contributed by atoms with Crippen molar-refractivity contribution in [3.05, 3.63) is 0 Å². The molecule has 1 amide bonds. The summed E-state index contributed by atoms with van der Waals surface area (Å²) in [5.41, 5.74) is 0. The Kier molecular flexibility index (Phi) is 3.49. The summed E-state index contributed by atoms with van der Waals surface area (Å²) in [7, 11) is 3.14. The minimum atomic E-state index is 0.0388. The zero-order valence-electron chi connectivity index (χ0n) is 7.67. The van der Waals surface area contributed by atoms with Crippen molar-refractivity contribution in [2.24, 2.45) is 0 Å². The molecule has 0 aliphatic carbocycles. The van der Waals surface area contributed by atoms with Crippen molar-refractivity contribution in [3.8, 4) is 0 Å². The Morgan fingerprint density at radius 2 is 2.50 bits per heavy atom. The van der Waals surface area contributed by atoms with Crippen LogP contribution in [0, 0.1) is 0 Å². The first-order chi connectivity index (χ1) is 5.74. The van der Waals surface area contributed by atoms with Crippen molar-refractivity contribution in [2.75, 3.05) is 20.7 Å². The average Bonchev–Trinajstić information content (AvgIpc) is 2.55. The molecular weight excluding hydrogens is 156 g/mol. The Morgan fingerprint density at radius 3 is 3.00 bits per heavy atom. The SMILES string of the molecule is CON(C)C(=O)C[C@@H]1CCCN1. The van der Waals surface area contributed by atoms with E-state index in [0.717, 1.165) is 13.0 Å². The lowest BCUT2D eigenvalue weighted by atomic mass is 10.1. The standard InChI is InChI=1S/C8H16N2O2/c1-10(12-2)8(11)6-7-4-3-5-9-7/h7,9H,3-6H2,1-2H3/t7-/m0/s1. The summed E-state index contributed by atoms with van der Waals surface area (Å²) in [5.74, 6) is 0.0388. The van der Waals surface area contributed by atoms with Gasteiger partial charge in [0.1, 0.15) is 0 Å². The molecule has 0 aromatic carbocycles. The van der Waals surface area contributed by atoms with Gasteiger partial charge in [0.2, 0.25) is 5.91 Å². The maximum atomic E-state index is 11.3. The quantitative estimate of drug-likeness (QED) is 0.616. The minimum Gasteiger partial charge on any atom is -0.313 e. The van der Waals surface area contributed by atoms with Gasteiger partial charge in [0.25, 0.3) is 0 Å². The Morgan fingerprint density at radius 1 is 1.75 bits per heavy atom. The molecular formula is C8H16N2O2. The predicted octanol–water partition coefficient (Wildman–Crippen LogP) is 0.148. The van der Waals surface area contributed by atoms with Gasteiger partial charge in [-0.2, -0.15) is 0 Å². The normalized spacial score (nSPS) is 22.7. The Bertz CT molecular complexity index is 155. The summed E-state index contributed by atoms with van der Waals surface area (Å²) in [6.07, 6.45) is 2.82. The van der Waals surface area contributed by atoms with Crippen LogP contribution in [0.3, 0.4) is 0 Å². The topological polar surface area (TPSA) is 41.6 Å². The van der Waals surface area contributed by atoms with E-state index in [4.69, 9.17) is 4.84 Å². The van der Waals surface area contributed by atoms with E-state index in [2.05, 4.69) is 5.32 Å². The Balaban J connectivity index is 2.25. The fourth-order valence-electron chi connectivity index (χ4n) is 1.37. The van der Waals surface area contributed by atoms with Gasteiger partial charge in [-0.1, -0.05) is 0 Å². The van der Waals surface area contributed by atoms with Crippen molar-refractivity contribution < 1.29 is 9.63 Å². The van der Waals surface area contributed by atoms with Gasteiger partial charge in [-0.25, -0.2) is 5.06 Å². The number of rotatable bonds is 3. The molecule has 4 nitrogen and oxygen atoms in total. The van der Waals surface area contributed by atoms with Gasteiger partial charge in [0.15, 0.2) is 0 Å². The lowest BCUT2D eigenvalue weighted by Gasteiger charge is -2.16. The fourth-order valence-corrected chi connectivity index (χ4v) is 1.37. The monoisotopic (exact) mass is 172 g/mol. The first kappa shape index (κ1) is 9.48. The van der Waals surface area contributed by atoms with Gasteiger partial charge in [-0.05, 0) is 19.4 Å². The minimum absolute atomic E-state index is 0.0388. The molecule has 1 heterocycles. The second-order valence-electron chi connectivity index (χ2n) is 3.07. The second kappa shape index (κ2) is 4.42. The fraction of sp³-hybridized carbons (Fsp3) is 0.875. The van der Waals surface area contributed by atoms with E-state index in [9.17, 15) is 4.79 Å². The summed E-state index contributed by atoms with van der Waals surface area (Å²) < 4.78 is 0. The van der Waals surface area contributed by atoms with E-state index >= 15 is 0 Å². The Hall–Kier alpha value is -0.610. The molecule has 0 radical (unpaired) electrons. The molecule has 70 valence electrons. The van der Waals surface area contributed by atoms with E-state index in [-0.39, 0.29) is 5.91 Å². The van der Waals surface area contributed by atoms with E-state index in [1.54, 1.807) is 7.05 Å². The van der Waals surface area contributed by atoms with E-state index < -0.39 is 0 Å². The molecule has 1 aliphatic rings. The first-order valence-corrected chi connectivity index (χ1v) is 4.28. The van der Waals surface area contributed by atoms with Crippen LogP contribution in [0.25, 0.3) is 0 Å². The third kappa shape index (κ3) is 2.46. The highest BCUT2D eigenvalue weighted by molar-refractivity contribution is 5.75. The van der Waals surface area contributed by atoms with Crippen LogP contribution in [0.1, 0.15) is 19.3 Å². The van der Waals surface area contributed by atoms with Crippen LogP contribution in [0.15, 0.2) is 0 Å². The number of hydroxylamine groups is 2. The lowest BCUT2D eigenvalue weighted by molar-refractivity contribution is -0.169. The molecule has 0 unspecified atom stereocenters. The number of hydrogen-bond acceptors (Lipinski definition) is 3. The molecule has 1 aliphatic heterocycles. The van der Waals surface area contributed by atoms with Crippen LogP contribution in [-0.2, 0) is 9.63 Å². The van der Waals surface area contributed by atoms with Crippen LogP contribution in [-0.4, -0.2) is 37.7 Å². The van der Waals surface area contributed by atoms with Crippen molar-refractivity contribution in [3.63, 3.8) is 0 Å². The smallest absolute Gasteiger partial charge is 0.247 e. The van der Waals surface area contributed by atoms with Crippen molar-refractivity contribution in [2.45, 2.75) is 25.3 Å². The van der Waals surface area contributed by atoms with Gasteiger partial charge in [0, 0.05) is 19.5 Å². The molecule has 0 saturated carbocycles. The number of nitrogens with zero attached hydrogens (tertiary/aromatic N) is 1. The lowest BCUT2D eigenvalue weighted by Crippen LogP contribution is -2.32. The largest absolute Gasteiger partial charge is 0.313 e. The summed E-state index contributed by atoms with van der Waals surface area (Å²) in [5, 5.41) is 4.54. The molecule has 1 atom stereocenters. The van der Waals surface area contributed by atoms with Gasteiger partial charge in [-0.3, -0.25) is 9.63 Å². The van der Waals surface area contributed by atoms with Gasteiger partial charge >= 0.3 is 0 Å². The Labute approximate surface area is 72.8 Å². The third-order valence-electron chi connectivity index (χ3n) is 2.21. The molecule has 1 N–H and O–H groups in total. The number of carbonyl (C=O) groups is 1. The van der Waals surface area contributed by atoms with E-state index in [1.165, 1.54) is 18.6 Å². The molecule has 1 saturated heterocycles. The molecule has 0 aromatic heterocycles. The van der Waals surface area contributed by atoms with E-state index in [0.29, 0.717) is 12.5 Å². The molecule has 0 spiro atoms. The van der Waals surface area contributed by atoms with Crippen LogP contribution in [0.5, 0.6) is 0 Å². The summed E-state index contributed by atoms with van der Waals surface area (Å²) in [6.45, 7) is 1.04. The summed E-state index contributed by atoms with van der Waals surface area (Å²) in [4.78, 5) is 16.1. The second-order valence-corrected chi connectivity index (χ2v) is 3.07. The summed E-state index contributed by atoms with van der Waals surface area (Å²) in [6, 6.07) is 0.357. The van der Waals surface area contributed by atoms with Crippen LogP contribution in [0.4, 0.5) is 0 Å². The molecule has 12 heavy (non-hydrogen) atoms. The number of hydrogen-bond donors (Lipinski definition) is 1. The highest BCUT2D eigenvalue weighted by Crippen LogP contribution is 2.09. The van der Waals surface area contributed by atoms with Crippen LogP contribution in [0.2, 0.25) is 0 Å². The number of nitrogens with one attached hydrogen (secondary N) is 1. The van der Waals surface area contributed by atoms with Crippen molar-refractivity contribution in [1.82, 2.24) is 10.4 Å². The predicted molar refractivity (Wildman–Crippen MR) is 45.4 cm³/mol. The van der Waals surface area contributed by atoms with E-state index in [1.807, 2.05) is 0 Å². The molecule has 0 aromatic rings. The maximum absolute atomic E-state index is 11.3. The molecule has 1 fully saturated rings. The van der Waals surface area contributed by atoms with Gasteiger partial charge in [0.05, 0.1) is 7.11 Å².